The zero-order valence-corrected chi connectivity index (χ0v) is 8.59. The maximum atomic E-state index is 11.2. The molecule has 0 spiro atoms. The second-order valence-corrected chi connectivity index (χ2v) is 3.45. The molecule has 0 heterocycles. The monoisotopic (exact) mass is 172 g/mol. The summed E-state index contributed by atoms with van der Waals surface area (Å²) in [5.41, 5.74) is 0. The molecule has 0 aliphatic carbocycles. The molecule has 0 bridgehead atoms. The van der Waals surface area contributed by atoms with Crippen LogP contribution in [0.5, 0.6) is 0 Å². The fourth-order valence-corrected chi connectivity index (χ4v) is 0.651. The Bertz CT molecular complexity index is 132. The summed E-state index contributed by atoms with van der Waals surface area (Å²) in [7, 11) is 0. The van der Waals surface area contributed by atoms with Gasteiger partial charge in [-0.15, -0.1) is 0 Å². The summed E-state index contributed by atoms with van der Waals surface area (Å²) in [6.07, 6.45) is 1.92. The summed E-state index contributed by atoms with van der Waals surface area (Å²) in [6, 6.07) is 0. The van der Waals surface area contributed by atoms with Gasteiger partial charge in [0.15, 0.2) is 0 Å². The molecule has 0 aromatic rings. The lowest BCUT2D eigenvalue weighted by atomic mass is 10.1. The van der Waals surface area contributed by atoms with E-state index in [4.69, 9.17) is 4.74 Å². The average molecular weight is 172 g/mol. The molecule has 0 saturated heterocycles. The van der Waals surface area contributed by atoms with Gasteiger partial charge in [0.25, 0.3) is 0 Å². The first-order chi connectivity index (χ1) is 5.61. The van der Waals surface area contributed by atoms with E-state index in [-0.39, 0.29) is 11.9 Å². The smallest absolute Gasteiger partial charge is 0.308 e. The number of hydrogen-bond acceptors (Lipinski definition) is 2. The summed E-state index contributed by atoms with van der Waals surface area (Å²) in [6.45, 7) is 8.65. The van der Waals surface area contributed by atoms with Crippen molar-refractivity contribution in [3.63, 3.8) is 0 Å². The fraction of sp³-hybridized carbons (Fsp3) is 0.900. The van der Waals surface area contributed by atoms with Crippen LogP contribution in [0, 0.1) is 11.8 Å². The first-order valence-corrected chi connectivity index (χ1v) is 4.78. The van der Waals surface area contributed by atoms with Gasteiger partial charge in [0.05, 0.1) is 12.5 Å². The molecule has 0 radical (unpaired) electrons. The van der Waals surface area contributed by atoms with Crippen molar-refractivity contribution >= 4 is 5.97 Å². The topological polar surface area (TPSA) is 26.3 Å². The highest BCUT2D eigenvalue weighted by Gasteiger charge is 2.12. The second-order valence-electron chi connectivity index (χ2n) is 3.45. The zero-order chi connectivity index (χ0) is 9.56. The maximum absolute atomic E-state index is 11.2. The number of rotatable bonds is 5. The minimum absolute atomic E-state index is 0.0501. The first-order valence-electron chi connectivity index (χ1n) is 4.78. The van der Waals surface area contributed by atoms with Crippen molar-refractivity contribution in [2.24, 2.45) is 11.8 Å². The highest BCUT2D eigenvalue weighted by Crippen LogP contribution is 2.06. The van der Waals surface area contributed by atoms with Gasteiger partial charge >= 0.3 is 5.97 Å². The number of esters is 1. The highest BCUT2D eigenvalue weighted by molar-refractivity contribution is 5.71. The largest absolute Gasteiger partial charge is 0.465 e. The molecular formula is C10H20O2. The van der Waals surface area contributed by atoms with E-state index >= 15 is 0 Å². The van der Waals surface area contributed by atoms with E-state index in [0.29, 0.717) is 12.5 Å². The van der Waals surface area contributed by atoms with Gasteiger partial charge in [0.1, 0.15) is 0 Å². The minimum atomic E-state index is -0.0576. The van der Waals surface area contributed by atoms with Crippen LogP contribution in [0.3, 0.4) is 0 Å². The highest BCUT2D eigenvalue weighted by atomic mass is 16.5. The molecule has 2 heteroatoms. The molecule has 72 valence electrons. The van der Waals surface area contributed by atoms with Crippen LogP contribution >= 0.6 is 0 Å². The van der Waals surface area contributed by atoms with E-state index in [1.54, 1.807) is 0 Å². The van der Waals surface area contributed by atoms with Gasteiger partial charge in [-0.05, 0) is 12.3 Å². The third-order valence-electron chi connectivity index (χ3n) is 2.22. The average Bonchev–Trinajstić information content (AvgIpc) is 2.11. The summed E-state index contributed by atoms with van der Waals surface area (Å²) in [5, 5.41) is 0. The Kier molecular flexibility index (Phi) is 5.77. The van der Waals surface area contributed by atoms with E-state index in [1.165, 1.54) is 0 Å². The number of carbonyl (C=O) groups is 1. The minimum Gasteiger partial charge on any atom is -0.465 e. The lowest BCUT2D eigenvalue weighted by molar-refractivity contribution is -0.149. The second kappa shape index (κ2) is 6.04. The molecule has 0 aromatic carbocycles. The Morgan fingerprint density at radius 1 is 1.25 bits per heavy atom. The van der Waals surface area contributed by atoms with Gasteiger partial charge < -0.3 is 4.74 Å². The van der Waals surface area contributed by atoms with Crippen molar-refractivity contribution in [2.75, 3.05) is 6.61 Å². The third kappa shape index (κ3) is 4.37. The van der Waals surface area contributed by atoms with Crippen molar-refractivity contribution < 1.29 is 9.53 Å². The quantitative estimate of drug-likeness (QED) is 0.596. The Hall–Kier alpha value is -0.530. The van der Waals surface area contributed by atoms with Crippen LogP contribution in [0.4, 0.5) is 0 Å². The normalized spacial score (nSPS) is 15.3. The molecule has 0 aliphatic rings. The Labute approximate surface area is 75.3 Å². The van der Waals surface area contributed by atoms with Crippen LogP contribution < -0.4 is 0 Å². The van der Waals surface area contributed by atoms with Crippen LogP contribution in [0.25, 0.3) is 0 Å². The summed E-state index contributed by atoms with van der Waals surface area (Å²) in [5.74, 6) is 0.477. The van der Waals surface area contributed by atoms with Gasteiger partial charge in [0, 0.05) is 0 Å². The third-order valence-corrected chi connectivity index (χ3v) is 2.22. The van der Waals surface area contributed by atoms with Gasteiger partial charge in [-0.25, -0.2) is 0 Å². The molecule has 1 unspecified atom stereocenters. The number of carbonyl (C=O) groups excluding carboxylic acids is 1. The molecule has 0 N–H and O–H groups in total. The molecule has 0 rings (SSSR count). The lowest BCUT2D eigenvalue weighted by Crippen LogP contribution is -2.17. The summed E-state index contributed by atoms with van der Waals surface area (Å²) < 4.78 is 5.11. The standard InChI is InChI=1S/C10H20O2/c1-5-8(3)7-12-10(11)9(4)6-2/h8-9H,5-7H2,1-4H3/t8-,9?/m0/s1. The van der Waals surface area contributed by atoms with Crippen molar-refractivity contribution in [3.05, 3.63) is 0 Å². The number of ether oxygens (including phenoxy) is 1. The van der Waals surface area contributed by atoms with Crippen molar-refractivity contribution in [2.45, 2.75) is 40.5 Å². The zero-order valence-electron chi connectivity index (χ0n) is 8.59. The predicted octanol–water partition coefficient (Wildman–Crippen LogP) is 2.62. The van der Waals surface area contributed by atoms with Crippen LogP contribution in [0.1, 0.15) is 40.5 Å². The first kappa shape index (κ1) is 11.5. The molecular weight excluding hydrogens is 152 g/mol. The SMILES string of the molecule is CCC(C)C(=O)OC[C@@H](C)CC. The van der Waals surface area contributed by atoms with Crippen LogP contribution in [0.15, 0.2) is 0 Å². The van der Waals surface area contributed by atoms with Crippen LogP contribution in [-0.4, -0.2) is 12.6 Å². The molecule has 2 nitrogen and oxygen atoms in total. The van der Waals surface area contributed by atoms with Gasteiger partial charge in [-0.2, -0.15) is 0 Å². The lowest BCUT2D eigenvalue weighted by Gasteiger charge is -2.12. The molecule has 2 atom stereocenters. The maximum Gasteiger partial charge on any atom is 0.308 e. The van der Waals surface area contributed by atoms with E-state index < -0.39 is 0 Å². The molecule has 0 aromatic heterocycles. The van der Waals surface area contributed by atoms with Crippen molar-refractivity contribution in [1.29, 1.82) is 0 Å². The van der Waals surface area contributed by atoms with E-state index in [0.717, 1.165) is 12.8 Å². The van der Waals surface area contributed by atoms with Gasteiger partial charge in [0.2, 0.25) is 0 Å². The van der Waals surface area contributed by atoms with Gasteiger partial charge in [-0.3, -0.25) is 4.79 Å². The molecule has 0 amide bonds. The Balaban J connectivity index is 3.56. The van der Waals surface area contributed by atoms with E-state index in [9.17, 15) is 4.79 Å². The van der Waals surface area contributed by atoms with Gasteiger partial charge in [-0.1, -0.05) is 34.1 Å². The Morgan fingerprint density at radius 3 is 2.25 bits per heavy atom. The number of hydrogen-bond donors (Lipinski definition) is 0. The summed E-state index contributed by atoms with van der Waals surface area (Å²) in [4.78, 5) is 11.2. The Morgan fingerprint density at radius 2 is 1.83 bits per heavy atom. The molecule has 0 fully saturated rings. The van der Waals surface area contributed by atoms with Crippen LogP contribution in [-0.2, 0) is 9.53 Å². The van der Waals surface area contributed by atoms with Crippen LogP contribution in [0.2, 0.25) is 0 Å². The fourth-order valence-electron chi connectivity index (χ4n) is 0.651. The molecule has 12 heavy (non-hydrogen) atoms. The van der Waals surface area contributed by atoms with Crippen molar-refractivity contribution in [3.8, 4) is 0 Å². The van der Waals surface area contributed by atoms with Crippen molar-refractivity contribution in [1.82, 2.24) is 0 Å². The van der Waals surface area contributed by atoms with E-state index in [1.807, 2.05) is 13.8 Å². The molecule has 0 aliphatic heterocycles. The predicted molar refractivity (Wildman–Crippen MR) is 49.9 cm³/mol. The molecule has 0 saturated carbocycles. The summed E-state index contributed by atoms with van der Waals surface area (Å²) >= 11 is 0. The van der Waals surface area contributed by atoms with E-state index in [2.05, 4.69) is 13.8 Å².